The van der Waals surface area contributed by atoms with Gasteiger partial charge >= 0.3 is 5.97 Å². The van der Waals surface area contributed by atoms with Gasteiger partial charge in [-0.05, 0) is 24.3 Å². The van der Waals surface area contributed by atoms with Crippen LogP contribution in [0.5, 0.6) is 0 Å². The maximum absolute atomic E-state index is 12.4. The Kier molecular flexibility index (Phi) is 3.71. The Morgan fingerprint density at radius 1 is 1.20 bits per heavy atom. The van der Waals surface area contributed by atoms with Crippen LogP contribution in [0.4, 0.5) is 0 Å². The lowest BCUT2D eigenvalue weighted by atomic mass is 10.2. The van der Waals surface area contributed by atoms with Crippen molar-refractivity contribution in [2.45, 2.75) is 9.99 Å². The van der Waals surface area contributed by atoms with Crippen LogP contribution in [-0.4, -0.2) is 27.8 Å². The first-order valence-corrected chi connectivity index (χ1v) is 6.96. The summed E-state index contributed by atoms with van der Waals surface area (Å²) in [5, 5.41) is -0.407. The third-order valence-corrected chi connectivity index (χ3v) is 4.25. The van der Waals surface area contributed by atoms with E-state index in [1.165, 1.54) is 30.3 Å². The molecule has 2 rings (SSSR count). The number of methoxy groups -OCH3 is 1. The fourth-order valence-corrected chi connectivity index (χ4v) is 3.00. The molecule has 0 N–H and O–H groups in total. The second-order valence-corrected chi connectivity index (χ2v) is 5.61. The number of furan rings is 1. The van der Waals surface area contributed by atoms with Crippen molar-refractivity contribution in [3.05, 3.63) is 47.7 Å². The van der Waals surface area contributed by atoms with Crippen LogP contribution in [0.25, 0.3) is 0 Å². The smallest absolute Gasteiger partial charge is 0.339 e. The van der Waals surface area contributed by atoms with Gasteiger partial charge in [-0.2, -0.15) is 0 Å². The molecule has 0 aliphatic rings. The first-order chi connectivity index (χ1) is 9.50. The number of aldehydes is 1. The molecule has 20 heavy (non-hydrogen) atoms. The number of ether oxygens (including phenoxy) is 1. The van der Waals surface area contributed by atoms with E-state index >= 15 is 0 Å². The minimum absolute atomic E-state index is 0.0981. The molecule has 104 valence electrons. The molecule has 1 aromatic heterocycles. The van der Waals surface area contributed by atoms with Crippen molar-refractivity contribution in [3.8, 4) is 0 Å². The van der Waals surface area contributed by atoms with Crippen LogP contribution < -0.4 is 0 Å². The van der Waals surface area contributed by atoms with Gasteiger partial charge in [-0.1, -0.05) is 12.1 Å². The molecule has 2 aromatic rings. The first kappa shape index (κ1) is 14.0. The van der Waals surface area contributed by atoms with Gasteiger partial charge in [-0.15, -0.1) is 0 Å². The average Bonchev–Trinajstić information content (AvgIpc) is 2.96. The average molecular weight is 294 g/mol. The van der Waals surface area contributed by atoms with E-state index in [-0.39, 0.29) is 16.2 Å². The van der Waals surface area contributed by atoms with Crippen molar-refractivity contribution in [1.82, 2.24) is 0 Å². The van der Waals surface area contributed by atoms with Gasteiger partial charge in [0.2, 0.25) is 14.9 Å². The van der Waals surface area contributed by atoms with Crippen molar-refractivity contribution in [3.63, 3.8) is 0 Å². The monoisotopic (exact) mass is 294 g/mol. The number of hydrogen-bond acceptors (Lipinski definition) is 6. The molecule has 0 saturated carbocycles. The van der Waals surface area contributed by atoms with Gasteiger partial charge < -0.3 is 9.15 Å². The zero-order chi connectivity index (χ0) is 14.8. The van der Waals surface area contributed by atoms with Crippen molar-refractivity contribution in [1.29, 1.82) is 0 Å². The zero-order valence-corrected chi connectivity index (χ0v) is 11.2. The molecular formula is C13H10O6S. The van der Waals surface area contributed by atoms with Gasteiger partial charge in [0.05, 0.1) is 17.6 Å². The number of carbonyl (C=O) groups is 2. The van der Waals surface area contributed by atoms with Crippen molar-refractivity contribution < 1.29 is 27.2 Å². The van der Waals surface area contributed by atoms with Crippen LogP contribution in [-0.2, 0) is 14.6 Å². The summed E-state index contributed by atoms with van der Waals surface area (Å²) in [6.07, 6.45) is 0.394. The first-order valence-electron chi connectivity index (χ1n) is 5.48. The molecular weight excluding hydrogens is 284 g/mol. The van der Waals surface area contributed by atoms with E-state index < -0.39 is 20.9 Å². The summed E-state index contributed by atoms with van der Waals surface area (Å²) < 4.78 is 34.2. The van der Waals surface area contributed by atoms with Crippen LogP contribution in [0.15, 0.2) is 50.8 Å². The molecule has 1 aromatic carbocycles. The van der Waals surface area contributed by atoms with Crippen molar-refractivity contribution >= 4 is 22.1 Å². The van der Waals surface area contributed by atoms with E-state index in [0.29, 0.717) is 6.29 Å². The molecule has 0 atom stereocenters. The van der Waals surface area contributed by atoms with E-state index in [0.717, 1.165) is 13.2 Å². The highest BCUT2D eigenvalue weighted by Crippen LogP contribution is 2.25. The third kappa shape index (κ3) is 2.35. The van der Waals surface area contributed by atoms with Gasteiger partial charge in [0.25, 0.3) is 0 Å². The van der Waals surface area contributed by atoms with Gasteiger partial charge in [0, 0.05) is 0 Å². The summed E-state index contributed by atoms with van der Waals surface area (Å²) in [6, 6.07) is 7.99. The molecule has 0 saturated heterocycles. The number of rotatable bonds is 4. The molecule has 0 aliphatic carbocycles. The Morgan fingerprint density at radius 3 is 2.50 bits per heavy atom. The molecule has 0 fully saturated rings. The summed E-state index contributed by atoms with van der Waals surface area (Å²) in [6.45, 7) is 0. The number of carbonyl (C=O) groups excluding carboxylic acids is 2. The second-order valence-electron chi connectivity index (χ2n) is 3.77. The molecule has 0 bridgehead atoms. The van der Waals surface area contributed by atoms with Gasteiger partial charge in [-0.3, -0.25) is 4.79 Å². The third-order valence-electron chi connectivity index (χ3n) is 2.57. The van der Waals surface area contributed by atoms with Crippen molar-refractivity contribution in [2.24, 2.45) is 0 Å². The van der Waals surface area contributed by atoms with E-state index in [9.17, 15) is 18.0 Å². The Labute approximate surface area is 114 Å². The molecule has 0 aliphatic heterocycles. The van der Waals surface area contributed by atoms with E-state index in [1.807, 2.05) is 0 Å². The van der Waals surface area contributed by atoms with Gasteiger partial charge in [-0.25, -0.2) is 13.2 Å². The minimum Gasteiger partial charge on any atom is -0.465 e. The lowest BCUT2D eigenvalue weighted by molar-refractivity contribution is 0.0596. The molecule has 0 spiro atoms. The molecule has 0 amide bonds. The van der Waals surface area contributed by atoms with E-state index in [1.54, 1.807) is 0 Å². The number of hydrogen-bond donors (Lipinski definition) is 0. The Morgan fingerprint density at radius 2 is 1.90 bits per heavy atom. The summed E-state index contributed by atoms with van der Waals surface area (Å²) in [7, 11) is -2.88. The predicted octanol–water partition coefficient (Wildman–Crippen LogP) is 1.71. The Balaban J connectivity index is 2.60. The molecule has 0 unspecified atom stereocenters. The second kappa shape index (κ2) is 5.30. The molecule has 7 heteroatoms. The highest BCUT2D eigenvalue weighted by molar-refractivity contribution is 7.91. The summed E-state index contributed by atoms with van der Waals surface area (Å²) in [5.74, 6) is -0.884. The number of esters is 1. The maximum atomic E-state index is 12.4. The lowest BCUT2D eigenvalue weighted by Crippen LogP contribution is -2.10. The molecule has 6 nitrogen and oxygen atoms in total. The fourth-order valence-electron chi connectivity index (χ4n) is 1.63. The fraction of sp³-hybridized carbons (Fsp3) is 0.0769. The topological polar surface area (TPSA) is 90.7 Å². The molecule has 0 radical (unpaired) electrons. The standard InChI is InChI=1S/C13H10O6S/c1-18-13(15)10-4-2-3-5-11(10)20(16,17)12-7-6-9(8-14)19-12/h2-8H,1H3. The number of sulfone groups is 1. The highest BCUT2D eigenvalue weighted by Gasteiger charge is 2.27. The normalized spacial score (nSPS) is 11.1. The Hall–Kier alpha value is -2.41. The van der Waals surface area contributed by atoms with Gasteiger partial charge in [0.1, 0.15) is 0 Å². The zero-order valence-electron chi connectivity index (χ0n) is 10.4. The molecule has 1 heterocycles. The maximum Gasteiger partial charge on any atom is 0.339 e. The highest BCUT2D eigenvalue weighted by atomic mass is 32.2. The van der Waals surface area contributed by atoms with Crippen LogP contribution in [0.3, 0.4) is 0 Å². The summed E-state index contributed by atoms with van der Waals surface area (Å²) >= 11 is 0. The van der Waals surface area contributed by atoms with E-state index in [2.05, 4.69) is 4.74 Å². The largest absolute Gasteiger partial charge is 0.465 e. The van der Waals surface area contributed by atoms with Crippen LogP contribution in [0.2, 0.25) is 0 Å². The van der Waals surface area contributed by atoms with Gasteiger partial charge in [0.15, 0.2) is 12.0 Å². The van der Waals surface area contributed by atoms with Crippen LogP contribution >= 0.6 is 0 Å². The number of benzene rings is 1. The summed E-state index contributed by atoms with van der Waals surface area (Å²) in [4.78, 5) is 21.9. The van der Waals surface area contributed by atoms with E-state index in [4.69, 9.17) is 4.42 Å². The van der Waals surface area contributed by atoms with Crippen LogP contribution in [0.1, 0.15) is 20.9 Å². The SMILES string of the molecule is COC(=O)c1ccccc1S(=O)(=O)c1ccc(C=O)o1. The quantitative estimate of drug-likeness (QED) is 0.630. The van der Waals surface area contributed by atoms with Crippen molar-refractivity contribution in [2.75, 3.05) is 7.11 Å². The lowest BCUT2D eigenvalue weighted by Gasteiger charge is -2.06. The summed E-state index contributed by atoms with van der Waals surface area (Å²) in [5.41, 5.74) is -0.0981. The minimum atomic E-state index is -4.04. The Bertz CT molecular complexity index is 757. The predicted molar refractivity (Wildman–Crippen MR) is 67.3 cm³/mol. The van der Waals surface area contributed by atoms with Crippen LogP contribution in [0, 0.1) is 0 Å².